The van der Waals surface area contributed by atoms with Gasteiger partial charge in [0, 0.05) is 17.6 Å². The second-order valence-corrected chi connectivity index (χ2v) is 12.7. The summed E-state index contributed by atoms with van der Waals surface area (Å²) < 4.78 is 28.9. The van der Waals surface area contributed by atoms with Crippen LogP contribution in [-0.4, -0.2) is 43.8 Å². The fraction of sp³-hybridized carbons (Fsp3) is 0.355. The van der Waals surface area contributed by atoms with Gasteiger partial charge in [0.15, 0.2) is 0 Å². The van der Waals surface area contributed by atoms with E-state index in [0.717, 1.165) is 41.1 Å². The number of anilines is 1. The molecule has 4 rings (SSSR count). The molecular weight excluding hydrogens is 546 g/mol. The van der Waals surface area contributed by atoms with Crippen molar-refractivity contribution in [3.63, 3.8) is 0 Å². The maximum atomic E-state index is 14.1. The molecule has 0 unspecified atom stereocenters. The Morgan fingerprint density at radius 2 is 1.62 bits per heavy atom. The molecule has 3 aromatic carbocycles. The van der Waals surface area contributed by atoms with Gasteiger partial charge < -0.3 is 10.2 Å². The molecule has 40 heavy (non-hydrogen) atoms. The van der Waals surface area contributed by atoms with Crippen molar-refractivity contribution >= 4 is 39.1 Å². The molecule has 1 fully saturated rings. The minimum absolute atomic E-state index is 0.0641. The molecule has 1 atom stereocenters. The maximum absolute atomic E-state index is 14.1. The third-order valence-electron chi connectivity index (χ3n) is 7.38. The molecule has 0 aromatic heterocycles. The highest BCUT2D eigenvalue weighted by molar-refractivity contribution is 7.92. The third-order valence-corrected chi connectivity index (χ3v) is 9.39. The van der Waals surface area contributed by atoms with Crippen molar-refractivity contribution in [2.75, 3.05) is 10.8 Å². The molecule has 0 aliphatic heterocycles. The van der Waals surface area contributed by atoms with Crippen LogP contribution in [0.4, 0.5) is 5.69 Å². The summed E-state index contributed by atoms with van der Waals surface area (Å²) in [4.78, 5) is 28.9. The number of carbonyl (C=O) groups excluding carboxylic acids is 2. The lowest BCUT2D eigenvalue weighted by Gasteiger charge is -2.33. The number of hydrogen-bond acceptors (Lipinski definition) is 4. The van der Waals surface area contributed by atoms with Gasteiger partial charge in [-0.25, -0.2) is 8.42 Å². The van der Waals surface area contributed by atoms with Crippen LogP contribution in [0.1, 0.15) is 49.3 Å². The number of halogens is 1. The van der Waals surface area contributed by atoms with E-state index < -0.39 is 28.5 Å². The first kappa shape index (κ1) is 29.6. The van der Waals surface area contributed by atoms with Gasteiger partial charge in [-0.15, -0.1) is 0 Å². The van der Waals surface area contributed by atoms with Gasteiger partial charge >= 0.3 is 0 Å². The quantitative estimate of drug-likeness (QED) is 0.336. The second kappa shape index (κ2) is 12.9. The Hall–Kier alpha value is -3.36. The topological polar surface area (TPSA) is 86.8 Å². The molecule has 9 heteroatoms. The highest BCUT2D eigenvalue weighted by Crippen LogP contribution is 2.29. The molecule has 1 aliphatic carbocycles. The van der Waals surface area contributed by atoms with E-state index in [1.54, 1.807) is 50.2 Å². The Labute approximate surface area is 242 Å². The number of sulfonamides is 1. The number of benzene rings is 3. The highest BCUT2D eigenvalue weighted by atomic mass is 35.5. The number of nitrogens with one attached hydrogen (secondary N) is 1. The summed E-state index contributed by atoms with van der Waals surface area (Å²) in [6.45, 7) is 5.11. The van der Waals surface area contributed by atoms with Gasteiger partial charge in [-0.2, -0.15) is 0 Å². The summed E-state index contributed by atoms with van der Waals surface area (Å²) >= 11 is 6.17. The van der Waals surface area contributed by atoms with E-state index in [0.29, 0.717) is 16.3 Å². The van der Waals surface area contributed by atoms with Crippen LogP contribution >= 0.6 is 11.6 Å². The Morgan fingerprint density at radius 3 is 2.25 bits per heavy atom. The zero-order valence-corrected chi connectivity index (χ0v) is 24.7. The fourth-order valence-corrected chi connectivity index (χ4v) is 6.72. The van der Waals surface area contributed by atoms with Crippen molar-refractivity contribution in [2.45, 2.75) is 70.0 Å². The first-order chi connectivity index (χ1) is 19.1. The van der Waals surface area contributed by atoms with Crippen LogP contribution < -0.4 is 9.62 Å². The van der Waals surface area contributed by atoms with Crippen molar-refractivity contribution in [1.29, 1.82) is 0 Å². The SMILES string of the molecule is Cc1ccc(CN(C(=O)CN(c2ccc(Cl)cc2C)S(=O)(=O)c2ccccc2)[C@H](C)C(=O)NC2CCCC2)cc1. The van der Waals surface area contributed by atoms with Crippen LogP contribution in [0.2, 0.25) is 5.02 Å². The van der Waals surface area contributed by atoms with Gasteiger partial charge in [0.1, 0.15) is 12.6 Å². The molecule has 0 bridgehead atoms. The van der Waals surface area contributed by atoms with E-state index in [2.05, 4.69) is 5.32 Å². The molecule has 2 amide bonds. The molecule has 1 N–H and O–H groups in total. The van der Waals surface area contributed by atoms with Crippen molar-refractivity contribution in [2.24, 2.45) is 0 Å². The molecule has 3 aromatic rings. The van der Waals surface area contributed by atoms with Gasteiger partial charge in [-0.1, -0.05) is 72.5 Å². The first-order valence-corrected chi connectivity index (χ1v) is 15.4. The molecule has 7 nitrogen and oxygen atoms in total. The summed E-state index contributed by atoms with van der Waals surface area (Å²) in [5.41, 5.74) is 2.88. The lowest BCUT2D eigenvalue weighted by atomic mass is 10.1. The Morgan fingerprint density at radius 1 is 0.975 bits per heavy atom. The Balaban J connectivity index is 1.70. The summed E-state index contributed by atoms with van der Waals surface area (Å²) in [6.07, 6.45) is 3.97. The summed E-state index contributed by atoms with van der Waals surface area (Å²) in [5, 5.41) is 3.55. The highest BCUT2D eigenvalue weighted by Gasteiger charge is 2.33. The fourth-order valence-electron chi connectivity index (χ4n) is 5.00. The smallest absolute Gasteiger partial charge is 0.264 e. The number of hydrogen-bond donors (Lipinski definition) is 1. The van der Waals surface area contributed by atoms with Crippen LogP contribution in [0.5, 0.6) is 0 Å². The predicted molar refractivity (Wildman–Crippen MR) is 159 cm³/mol. The van der Waals surface area contributed by atoms with Gasteiger partial charge in [-0.05, 0) is 75.1 Å². The normalized spacial score (nSPS) is 14.5. The van der Waals surface area contributed by atoms with E-state index in [4.69, 9.17) is 11.6 Å². The standard InChI is InChI=1S/C31H36ClN3O4S/c1-22-13-15-25(16-14-22)20-34(24(3)31(37)33-27-9-7-8-10-27)30(36)21-35(29-18-17-26(32)19-23(29)2)40(38,39)28-11-5-4-6-12-28/h4-6,11-19,24,27H,7-10,20-21H2,1-3H3,(H,33,37)/t24-/m1/s1. The van der Waals surface area contributed by atoms with Crippen molar-refractivity contribution < 1.29 is 18.0 Å². The molecule has 1 aliphatic rings. The summed E-state index contributed by atoms with van der Waals surface area (Å²) in [6, 6.07) is 19.9. The average Bonchev–Trinajstić information content (AvgIpc) is 3.45. The van der Waals surface area contributed by atoms with Crippen molar-refractivity contribution in [1.82, 2.24) is 10.2 Å². The van der Waals surface area contributed by atoms with Gasteiger partial charge in [-0.3, -0.25) is 13.9 Å². The lowest BCUT2D eigenvalue weighted by molar-refractivity contribution is -0.139. The zero-order chi connectivity index (χ0) is 28.9. The third kappa shape index (κ3) is 7.04. The van der Waals surface area contributed by atoms with Crippen LogP contribution in [0, 0.1) is 13.8 Å². The van der Waals surface area contributed by atoms with Gasteiger partial charge in [0.2, 0.25) is 11.8 Å². The minimum Gasteiger partial charge on any atom is -0.352 e. The molecule has 1 saturated carbocycles. The number of carbonyl (C=O) groups is 2. The van der Waals surface area contributed by atoms with Gasteiger partial charge in [0.25, 0.3) is 10.0 Å². The molecule has 212 valence electrons. The lowest BCUT2D eigenvalue weighted by Crippen LogP contribution is -2.52. The van der Waals surface area contributed by atoms with Gasteiger partial charge in [0.05, 0.1) is 10.6 Å². The zero-order valence-electron chi connectivity index (χ0n) is 23.1. The van der Waals surface area contributed by atoms with Crippen LogP contribution in [0.15, 0.2) is 77.7 Å². The van der Waals surface area contributed by atoms with E-state index in [1.165, 1.54) is 17.0 Å². The molecule has 0 heterocycles. The molecule has 0 radical (unpaired) electrons. The van der Waals surface area contributed by atoms with E-state index >= 15 is 0 Å². The Bertz CT molecular complexity index is 1440. The molecule has 0 spiro atoms. The van der Waals surface area contributed by atoms with Crippen LogP contribution in [-0.2, 0) is 26.2 Å². The van der Waals surface area contributed by atoms with Crippen LogP contribution in [0.3, 0.4) is 0 Å². The van der Waals surface area contributed by atoms with Crippen molar-refractivity contribution in [3.05, 3.63) is 94.5 Å². The Kier molecular flexibility index (Phi) is 9.53. The minimum atomic E-state index is -4.12. The predicted octanol–water partition coefficient (Wildman–Crippen LogP) is 5.63. The number of nitrogens with zero attached hydrogens (tertiary/aromatic N) is 2. The number of rotatable bonds is 10. The number of aryl methyl sites for hydroxylation is 2. The molecular formula is C31H36ClN3O4S. The summed E-state index contributed by atoms with van der Waals surface area (Å²) in [7, 11) is -4.12. The van der Waals surface area contributed by atoms with Crippen LogP contribution in [0.25, 0.3) is 0 Å². The summed E-state index contributed by atoms with van der Waals surface area (Å²) in [5.74, 6) is -0.726. The van der Waals surface area contributed by atoms with E-state index in [-0.39, 0.29) is 23.4 Å². The van der Waals surface area contributed by atoms with E-state index in [1.807, 2.05) is 31.2 Å². The largest absolute Gasteiger partial charge is 0.352 e. The second-order valence-electron chi connectivity index (χ2n) is 10.4. The first-order valence-electron chi connectivity index (χ1n) is 13.6. The number of amides is 2. The van der Waals surface area contributed by atoms with E-state index in [9.17, 15) is 18.0 Å². The monoisotopic (exact) mass is 581 g/mol. The maximum Gasteiger partial charge on any atom is 0.264 e. The average molecular weight is 582 g/mol. The molecule has 0 saturated heterocycles. The van der Waals surface area contributed by atoms with Crippen molar-refractivity contribution in [3.8, 4) is 0 Å².